The lowest BCUT2D eigenvalue weighted by atomic mass is 9.97. The molecule has 6 rings (SSSR count). The molecule has 0 bridgehead atoms. The predicted octanol–water partition coefficient (Wildman–Crippen LogP) is 6.43. The summed E-state index contributed by atoms with van der Waals surface area (Å²) in [4.78, 5) is 25.3. The van der Waals surface area contributed by atoms with Crippen molar-refractivity contribution in [1.29, 1.82) is 0 Å². The maximum absolute atomic E-state index is 13.2. The average molecular weight is 538 g/mol. The van der Waals surface area contributed by atoms with Crippen molar-refractivity contribution in [3.63, 3.8) is 0 Å². The van der Waals surface area contributed by atoms with Gasteiger partial charge < -0.3 is 4.98 Å². The van der Waals surface area contributed by atoms with Gasteiger partial charge in [0.1, 0.15) is 10.7 Å². The van der Waals surface area contributed by atoms with Gasteiger partial charge in [-0.1, -0.05) is 78.3 Å². The minimum absolute atomic E-state index is 0.169. The first-order chi connectivity index (χ1) is 18.4. The number of aromatic amines is 1. The van der Waals surface area contributed by atoms with Crippen LogP contribution in [0.1, 0.15) is 5.56 Å². The van der Waals surface area contributed by atoms with Crippen LogP contribution in [0.15, 0.2) is 113 Å². The number of rotatable bonds is 5. The van der Waals surface area contributed by atoms with Crippen molar-refractivity contribution in [1.82, 2.24) is 15.0 Å². The van der Waals surface area contributed by atoms with Crippen molar-refractivity contribution in [3.05, 3.63) is 124 Å². The zero-order valence-electron chi connectivity index (χ0n) is 19.9. The SMILES string of the molecule is O=c1cc(S(=O)(=O)Cc2ccccc2)[nH]c2nc(-c3ccccc3)c(-c3cc(Cl)c4ncccc4c3)cc12. The first-order valence-corrected chi connectivity index (χ1v) is 13.9. The van der Waals surface area contributed by atoms with E-state index in [0.717, 1.165) is 22.6 Å². The summed E-state index contributed by atoms with van der Waals surface area (Å²) in [6.45, 7) is 0. The molecule has 3 heterocycles. The maximum atomic E-state index is 13.2. The number of H-pyrrole nitrogens is 1. The van der Waals surface area contributed by atoms with E-state index in [2.05, 4.69) is 9.97 Å². The van der Waals surface area contributed by atoms with Crippen LogP contribution in [-0.2, 0) is 15.6 Å². The highest BCUT2D eigenvalue weighted by atomic mass is 35.5. The lowest BCUT2D eigenvalue weighted by Crippen LogP contribution is -2.13. The second kappa shape index (κ2) is 9.52. The van der Waals surface area contributed by atoms with Crippen LogP contribution in [-0.4, -0.2) is 23.4 Å². The minimum Gasteiger partial charge on any atom is -0.330 e. The van der Waals surface area contributed by atoms with E-state index < -0.39 is 15.3 Å². The molecule has 3 aromatic heterocycles. The van der Waals surface area contributed by atoms with Crippen molar-refractivity contribution in [2.75, 3.05) is 0 Å². The molecule has 38 heavy (non-hydrogen) atoms. The molecule has 0 amide bonds. The third-order valence-corrected chi connectivity index (χ3v) is 8.23. The van der Waals surface area contributed by atoms with E-state index in [1.165, 1.54) is 0 Å². The Morgan fingerprint density at radius 3 is 2.32 bits per heavy atom. The molecule has 0 atom stereocenters. The number of nitrogens with one attached hydrogen (secondary N) is 1. The van der Waals surface area contributed by atoms with Gasteiger partial charge in [0.15, 0.2) is 15.3 Å². The highest BCUT2D eigenvalue weighted by Gasteiger charge is 2.21. The van der Waals surface area contributed by atoms with Gasteiger partial charge >= 0.3 is 0 Å². The molecule has 1 N–H and O–H groups in total. The van der Waals surface area contributed by atoms with Crippen LogP contribution in [0.5, 0.6) is 0 Å². The number of aromatic nitrogens is 3. The molecule has 0 aliphatic rings. The number of fused-ring (bicyclic) bond motifs is 2. The standard InChI is InChI=1S/C30H20ClN3O3S/c31-25-15-22(14-21-12-7-13-32-29(21)25)23-16-24-26(35)17-27(38(36,37)18-19-8-3-1-4-9-19)33-30(24)34-28(23)20-10-5-2-6-11-20/h1-17H,18H2,(H,33,34,35). The van der Waals surface area contributed by atoms with Gasteiger partial charge in [0.05, 0.1) is 27.4 Å². The number of halogens is 1. The maximum Gasteiger partial charge on any atom is 0.197 e. The van der Waals surface area contributed by atoms with E-state index in [1.54, 1.807) is 42.6 Å². The molecule has 6 aromatic rings. The van der Waals surface area contributed by atoms with Crippen molar-refractivity contribution < 1.29 is 8.42 Å². The van der Waals surface area contributed by atoms with Crippen LogP contribution in [0.2, 0.25) is 5.02 Å². The summed E-state index contributed by atoms with van der Waals surface area (Å²) in [5, 5.41) is 1.44. The molecular weight excluding hydrogens is 518 g/mol. The topological polar surface area (TPSA) is 92.8 Å². The Labute approximate surface area is 223 Å². The first-order valence-electron chi connectivity index (χ1n) is 11.8. The Morgan fingerprint density at radius 2 is 1.55 bits per heavy atom. The molecule has 3 aromatic carbocycles. The number of benzene rings is 3. The van der Waals surface area contributed by atoms with Crippen molar-refractivity contribution in [3.8, 4) is 22.4 Å². The molecule has 0 aliphatic heterocycles. The first kappa shape index (κ1) is 24.0. The monoisotopic (exact) mass is 537 g/mol. The van der Waals surface area contributed by atoms with Crippen molar-refractivity contribution in [2.45, 2.75) is 10.8 Å². The van der Waals surface area contributed by atoms with Crippen LogP contribution >= 0.6 is 11.6 Å². The molecule has 0 fully saturated rings. The third-order valence-electron chi connectivity index (χ3n) is 6.34. The van der Waals surface area contributed by atoms with Crippen LogP contribution in [0, 0.1) is 0 Å². The van der Waals surface area contributed by atoms with E-state index in [1.807, 2.05) is 54.6 Å². The Hall–Kier alpha value is -4.33. The Bertz CT molecular complexity index is 1990. The molecule has 0 radical (unpaired) electrons. The van der Waals surface area contributed by atoms with E-state index in [-0.39, 0.29) is 21.8 Å². The summed E-state index contributed by atoms with van der Waals surface area (Å²) >= 11 is 6.58. The summed E-state index contributed by atoms with van der Waals surface area (Å²) in [5.74, 6) is -0.234. The van der Waals surface area contributed by atoms with Crippen molar-refractivity contribution in [2.24, 2.45) is 0 Å². The average Bonchev–Trinajstić information content (AvgIpc) is 2.93. The third kappa shape index (κ3) is 4.47. The minimum atomic E-state index is -3.82. The molecule has 8 heteroatoms. The number of hydrogen-bond acceptors (Lipinski definition) is 5. The van der Waals surface area contributed by atoms with E-state index in [4.69, 9.17) is 16.6 Å². The molecule has 0 saturated heterocycles. The zero-order valence-corrected chi connectivity index (χ0v) is 21.5. The van der Waals surface area contributed by atoms with Crippen LogP contribution in [0.3, 0.4) is 0 Å². The van der Waals surface area contributed by atoms with Gasteiger partial charge in [-0.3, -0.25) is 9.78 Å². The molecule has 186 valence electrons. The number of sulfone groups is 1. The zero-order chi connectivity index (χ0) is 26.3. The fraction of sp³-hybridized carbons (Fsp3) is 0.0333. The fourth-order valence-electron chi connectivity index (χ4n) is 4.52. The predicted molar refractivity (Wildman–Crippen MR) is 151 cm³/mol. The summed E-state index contributed by atoms with van der Waals surface area (Å²) in [7, 11) is -3.82. The largest absolute Gasteiger partial charge is 0.330 e. The van der Waals surface area contributed by atoms with E-state index in [0.29, 0.717) is 27.4 Å². The summed E-state index contributed by atoms with van der Waals surface area (Å²) < 4.78 is 26.4. The molecule has 6 nitrogen and oxygen atoms in total. The van der Waals surface area contributed by atoms with Crippen LogP contribution < -0.4 is 5.43 Å². The smallest absolute Gasteiger partial charge is 0.197 e. The summed E-state index contributed by atoms with van der Waals surface area (Å²) in [6.07, 6.45) is 1.68. The van der Waals surface area contributed by atoms with Gasteiger partial charge in [-0.2, -0.15) is 0 Å². The molecular formula is C30H20ClN3O3S. The van der Waals surface area contributed by atoms with E-state index in [9.17, 15) is 13.2 Å². The number of hydrogen-bond donors (Lipinski definition) is 1. The Balaban J connectivity index is 1.57. The van der Waals surface area contributed by atoms with Gasteiger partial charge in [0.25, 0.3) is 0 Å². The fourth-order valence-corrected chi connectivity index (χ4v) is 6.13. The lowest BCUT2D eigenvalue weighted by Gasteiger charge is -2.13. The highest BCUT2D eigenvalue weighted by Crippen LogP contribution is 2.36. The summed E-state index contributed by atoms with van der Waals surface area (Å²) in [6, 6.07) is 28.7. The summed E-state index contributed by atoms with van der Waals surface area (Å²) in [5.41, 5.74) is 3.93. The quantitative estimate of drug-likeness (QED) is 0.273. The molecule has 0 spiro atoms. The highest BCUT2D eigenvalue weighted by molar-refractivity contribution is 7.90. The lowest BCUT2D eigenvalue weighted by molar-refractivity contribution is 0.592. The van der Waals surface area contributed by atoms with Gasteiger partial charge in [0, 0.05) is 28.8 Å². The molecule has 0 aliphatic carbocycles. The van der Waals surface area contributed by atoms with Gasteiger partial charge in [-0.25, -0.2) is 13.4 Å². The Morgan fingerprint density at radius 1 is 0.816 bits per heavy atom. The van der Waals surface area contributed by atoms with Crippen LogP contribution in [0.25, 0.3) is 44.3 Å². The van der Waals surface area contributed by atoms with Gasteiger partial charge in [-0.15, -0.1) is 0 Å². The van der Waals surface area contributed by atoms with Crippen LogP contribution in [0.4, 0.5) is 0 Å². The Kier molecular flexibility index (Phi) is 6.02. The second-order valence-corrected chi connectivity index (χ2v) is 11.3. The molecule has 0 saturated carbocycles. The molecule has 0 unspecified atom stereocenters. The van der Waals surface area contributed by atoms with Crippen molar-refractivity contribution >= 4 is 43.4 Å². The normalized spacial score (nSPS) is 11.7. The van der Waals surface area contributed by atoms with Gasteiger partial charge in [0.2, 0.25) is 0 Å². The van der Waals surface area contributed by atoms with Gasteiger partial charge in [-0.05, 0) is 35.4 Å². The second-order valence-electron chi connectivity index (χ2n) is 8.92. The van der Waals surface area contributed by atoms with E-state index >= 15 is 0 Å². The number of pyridine rings is 3. The number of nitrogens with zero attached hydrogens (tertiary/aromatic N) is 2.